The molecule has 1 aromatic carbocycles. The van der Waals surface area contributed by atoms with E-state index in [4.69, 9.17) is 14.2 Å². The minimum Gasteiger partial charge on any atom is -0.451 e. The molecule has 2 aromatic heterocycles. The Hall–Kier alpha value is -3.50. The zero-order valence-corrected chi connectivity index (χ0v) is 22.2. The number of rotatable bonds is 6. The number of ether oxygens (including phenoxy) is 3. The first-order valence-electron chi connectivity index (χ1n) is 12.2. The normalized spacial score (nSPS) is 16.6. The fourth-order valence-corrected chi connectivity index (χ4v) is 5.33. The molecule has 1 amide bonds. The molecule has 1 unspecified atom stereocenters. The second kappa shape index (κ2) is 10.5. The molecule has 10 heteroatoms. The molecule has 9 nitrogen and oxygen atoms in total. The van der Waals surface area contributed by atoms with E-state index >= 15 is 0 Å². The van der Waals surface area contributed by atoms with Gasteiger partial charge in [-0.05, 0) is 44.4 Å². The zero-order chi connectivity index (χ0) is 26.1. The Balaban J connectivity index is 1.46. The van der Waals surface area contributed by atoms with Gasteiger partial charge in [-0.2, -0.15) is 0 Å². The van der Waals surface area contributed by atoms with Crippen LogP contribution in [0, 0.1) is 13.8 Å². The van der Waals surface area contributed by atoms with Crippen molar-refractivity contribution in [1.82, 2.24) is 15.3 Å². The van der Waals surface area contributed by atoms with Crippen LogP contribution in [0.5, 0.6) is 11.5 Å². The van der Waals surface area contributed by atoms with Gasteiger partial charge in [-0.15, -0.1) is 11.8 Å². The number of thioether (sulfide) groups is 1. The first-order chi connectivity index (χ1) is 17.9. The van der Waals surface area contributed by atoms with Crippen LogP contribution in [-0.4, -0.2) is 54.7 Å². The van der Waals surface area contributed by atoms with Gasteiger partial charge in [0.15, 0.2) is 11.5 Å². The summed E-state index contributed by atoms with van der Waals surface area (Å²) >= 11 is 1.48. The molecular formula is C27H30N4O5S. The van der Waals surface area contributed by atoms with Crippen LogP contribution >= 0.6 is 11.8 Å². The number of fused-ring (bicyclic) bond motifs is 1. The third-order valence-electron chi connectivity index (χ3n) is 6.57. The highest BCUT2D eigenvalue weighted by Gasteiger charge is 2.30. The van der Waals surface area contributed by atoms with Crippen LogP contribution in [0.25, 0.3) is 11.1 Å². The standard InChI is InChI=1S/C27H30N4O5S/c1-15-11-22(37-4)21(27(33)30-15)14-29-26(32)19-12-20(25-24(16(19)2)35-17(3)36-25)18-5-6-23(28-13-18)31-7-9-34-10-8-31/h5-6,11-13,17H,7-10,14H2,1-4H3,(H,29,32)(H,30,33). The molecular weight excluding hydrogens is 492 g/mol. The number of aryl methyl sites for hydroxylation is 1. The van der Waals surface area contributed by atoms with E-state index in [1.165, 1.54) is 11.8 Å². The van der Waals surface area contributed by atoms with Gasteiger partial charge in [0.05, 0.1) is 13.2 Å². The molecule has 2 aliphatic heterocycles. The Bertz CT molecular complexity index is 1380. The summed E-state index contributed by atoms with van der Waals surface area (Å²) in [6.45, 7) is 8.57. The van der Waals surface area contributed by atoms with Crippen molar-refractivity contribution in [3.8, 4) is 22.6 Å². The Morgan fingerprint density at radius 2 is 1.95 bits per heavy atom. The van der Waals surface area contributed by atoms with Gasteiger partial charge in [0.1, 0.15) is 5.82 Å². The quantitative estimate of drug-likeness (QED) is 0.473. The lowest BCUT2D eigenvalue weighted by Crippen LogP contribution is -2.36. The third-order valence-corrected chi connectivity index (χ3v) is 7.37. The van der Waals surface area contributed by atoms with Crippen molar-refractivity contribution in [3.63, 3.8) is 0 Å². The molecule has 0 aliphatic carbocycles. The summed E-state index contributed by atoms with van der Waals surface area (Å²) in [6, 6.07) is 7.67. The number of aromatic nitrogens is 2. The third kappa shape index (κ3) is 5.03. The highest BCUT2D eigenvalue weighted by atomic mass is 32.2. The van der Waals surface area contributed by atoms with Gasteiger partial charge >= 0.3 is 0 Å². The maximum atomic E-state index is 13.4. The molecule has 2 aliphatic rings. The number of amides is 1. The van der Waals surface area contributed by atoms with Crippen molar-refractivity contribution >= 4 is 23.5 Å². The van der Waals surface area contributed by atoms with E-state index in [9.17, 15) is 9.59 Å². The van der Waals surface area contributed by atoms with Crippen molar-refractivity contribution in [1.29, 1.82) is 0 Å². The summed E-state index contributed by atoms with van der Waals surface area (Å²) in [5.41, 5.74) is 3.80. The van der Waals surface area contributed by atoms with Crippen molar-refractivity contribution in [2.45, 2.75) is 38.5 Å². The Morgan fingerprint density at radius 1 is 1.19 bits per heavy atom. The Kier molecular flexibility index (Phi) is 7.12. The number of benzene rings is 1. The van der Waals surface area contributed by atoms with Crippen molar-refractivity contribution in [2.75, 3.05) is 37.5 Å². The van der Waals surface area contributed by atoms with Gasteiger partial charge in [-0.3, -0.25) is 9.59 Å². The number of anilines is 1. The molecule has 5 rings (SSSR count). The molecule has 2 N–H and O–H groups in total. The maximum Gasteiger partial charge on any atom is 0.254 e. The fourth-order valence-electron chi connectivity index (χ4n) is 4.62. The second-order valence-electron chi connectivity index (χ2n) is 9.07. The highest BCUT2D eigenvalue weighted by molar-refractivity contribution is 7.98. The van der Waals surface area contributed by atoms with Gasteiger partial charge in [0.25, 0.3) is 11.5 Å². The van der Waals surface area contributed by atoms with Crippen molar-refractivity contribution in [2.24, 2.45) is 0 Å². The number of nitrogens with one attached hydrogen (secondary N) is 2. The zero-order valence-electron chi connectivity index (χ0n) is 21.3. The van der Waals surface area contributed by atoms with Crippen LogP contribution in [0.3, 0.4) is 0 Å². The summed E-state index contributed by atoms with van der Waals surface area (Å²) in [4.78, 5) is 36.4. The number of carbonyl (C=O) groups excluding carboxylic acids is 1. The topological polar surface area (TPSA) is 106 Å². The van der Waals surface area contributed by atoms with E-state index in [0.717, 1.165) is 40.6 Å². The van der Waals surface area contributed by atoms with Crippen molar-refractivity contribution in [3.05, 3.63) is 63.2 Å². The summed E-state index contributed by atoms with van der Waals surface area (Å²) in [7, 11) is 0. The SMILES string of the molecule is CSc1cc(C)[nH]c(=O)c1CNC(=O)c1cc(-c2ccc(N3CCOCC3)nc2)c2c(c1C)OC(C)O2. The number of carbonyl (C=O) groups is 1. The van der Waals surface area contributed by atoms with Crippen LogP contribution in [0.4, 0.5) is 5.82 Å². The van der Waals surface area contributed by atoms with Crippen LogP contribution in [0.15, 0.2) is 40.2 Å². The predicted molar refractivity (Wildman–Crippen MR) is 143 cm³/mol. The molecule has 0 bridgehead atoms. The fraction of sp³-hybridized carbons (Fsp3) is 0.370. The van der Waals surface area contributed by atoms with E-state index in [1.54, 1.807) is 6.20 Å². The average Bonchev–Trinajstić information content (AvgIpc) is 3.30. The van der Waals surface area contributed by atoms with Crippen LogP contribution < -0.4 is 25.2 Å². The minimum absolute atomic E-state index is 0.111. The number of nitrogens with zero attached hydrogens (tertiary/aromatic N) is 2. The summed E-state index contributed by atoms with van der Waals surface area (Å²) in [5.74, 6) is 1.73. The van der Waals surface area contributed by atoms with E-state index in [0.29, 0.717) is 41.4 Å². The van der Waals surface area contributed by atoms with E-state index in [-0.39, 0.29) is 18.0 Å². The largest absolute Gasteiger partial charge is 0.451 e. The summed E-state index contributed by atoms with van der Waals surface area (Å²) < 4.78 is 17.4. The predicted octanol–water partition coefficient (Wildman–Crippen LogP) is 3.66. The molecule has 1 saturated heterocycles. The molecule has 0 spiro atoms. The second-order valence-corrected chi connectivity index (χ2v) is 9.92. The number of pyridine rings is 2. The first-order valence-corrected chi connectivity index (χ1v) is 13.4. The minimum atomic E-state index is -0.471. The van der Waals surface area contributed by atoms with Gasteiger partial charge in [-0.1, -0.05) is 0 Å². The first kappa shape index (κ1) is 25.2. The van der Waals surface area contributed by atoms with Gasteiger partial charge in [-0.25, -0.2) is 4.98 Å². The monoisotopic (exact) mass is 522 g/mol. The molecule has 0 saturated carbocycles. The van der Waals surface area contributed by atoms with Gasteiger partial charge in [0.2, 0.25) is 6.29 Å². The average molecular weight is 523 g/mol. The molecule has 1 atom stereocenters. The molecule has 194 valence electrons. The molecule has 1 fully saturated rings. The number of H-pyrrole nitrogens is 1. The highest BCUT2D eigenvalue weighted by Crippen LogP contribution is 2.46. The summed E-state index contributed by atoms with van der Waals surface area (Å²) in [5, 5.41) is 2.92. The molecule has 0 radical (unpaired) electrons. The van der Waals surface area contributed by atoms with Crippen LogP contribution in [0.1, 0.15) is 34.1 Å². The maximum absolute atomic E-state index is 13.4. The lowest BCUT2D eigenvalue weighted by atomic mass is 9.97. The van der Waals surface area contributed by atoms with E-state index < -0.39 is 6.29 Å². The number of morpholine rings is 1. The Morgan fingerprint density at radius 3 is 2.65 bits per heavy atom. The van der Waals surface area contributed by atoms with Crippen LogP contribution in [0.2, 0.25) is 0 Å². The van der Waals surface area contributed by atoms with Gasteiger partial charge in [0, 0.05) is 71.2 Å². The van der Waals surface area contributed by atoms with E-state index in [1.807, 2.05) is 51.3 Å². The molecule has 4 heterocycles. The van der Waals surface area contributed by atoms with Crippen LogP contribution in [-0.2, 0) is 11.3 Å². The number of aromatic amines is 1. The smallest absolute Gasteiger partial charge is 0.254 e. The van der Waals surface area contributed by atoms with Crippen molar-refractivity contribution < 1.29 is 19.0 Å². The van der Waals surface area contributed by atoms with E-state index in [2.05, 4.69) is 20.2 Å². The Labute approximate surface area is 219 Å². The lowest BCUT2D eigenvalue weighted by molar-refractivity contribution is 0.0676. The summed E-state index contributed by atoms with van der Waals surface area (Å²) in [6.07, 6.45) is 3.23. The molecule has 3 aromatic rings. The van der Waals surface area contributed by atoms with Gasteiger partial charge < -0.3 is 29.4 Å². The lowest BCUT2D eigenvalue weighted by Gasteiger charge is -2.27. The molecule has 37 heavy (non-hydrogen) atoms. The number of hydrogen-bond acceptors (Lipinski definition) is 8. The number of hydrogen-bond donors (Lipinski definition) is 2.